The molecule has 2 atom stereocenters. The van der Waals surface area contributed by atoms with Gasteiger partial charge in [-0.1, -0.05) is 6.92 Å². The summed E-state index contributed by atoms with van der Waals surface area (Å²) in [6.45, 7) is 2.13. The van der Waals surface area contributed by atoms with Crippen molar-refractivity contribution in [1.82, 2.24) is 0 Å². The van der Waals surface area contributed by atoms with Crippen molar-refractivity contribution in [2.45, 2.75) is 51.2 Å². The monoisotopic (exact) mass is 156 g/mol. The Morgan fingerprint density at radius 2 is 2.18 bits per heavy atom. The molecule has 0 saturated carbocycles. The van der Waals surface area contributed by atoms with Crippen molar-refractivity contribution in [3.63, 3.8) is 0 Å². The van der Waals surface area contributed by atoms with E-state index in [9.17, 15) is 4.79 Å². The van der Waals surface area contributed by atoms with Crippen LogP contribution >= 0.6 is 0 Å². The number of hydrogen-bond donors (Lipinski definition) is 0. The molecule has 2 nitrogen and oxygen atoms in total. The minimum atomic E-state index is 0.214. The number of ether oxygens (including phenoxy) is 1. The van der Waals surface area contributed by atoms with Gasteiger partial charge in [-0.25, -0.2) is 0 Å². The molecule has 1 aliphatic heterocycles. The van der Waals surface area contributed by atoms with E-state index >= 15 is 0 Å². The van der Waals surface area contributed by atoms with Crippen molar-refractivity contribution in [2.75, 3.05) is 0 Å². The van der Waals surface area contributed by atoms with E-state index in [0.717, 1.165) is 19.1 Å². The fourth-order valence-corrected chi connectivity index (χ4v) is 1.56. The first-order chi connectivity index (χ1) is 5.36. The van der Waals surface area contributed by atoms with Gasteiger partial charge in [-0.3, -0.25) is 0 Å². The third kappa shape index (κ3) is 2.62. The molecule has 0 aromatic heterocycles. The lowest BCUT2D eigenvalue weighted by Gasteiger charge is -2.28. The minimum absolute atomic E-state index is 0.214. The molecule has 0 aromatic rings. The second-order valence-corrected chi connectivity index (χ2v) is 3.12. The zero-order chi connectivity index (χ0) is 8.10. The zero-order valence-corrected chi connectivity index (χ0v) is 7.08. The molecule has 64 valence electrons. The summed E-state index contributed by atoms with van der Waals surface area (Å²) in [5, 5.41) is 0. The van der Waals surface area contributed by atoms with Gasteiger partial charge in [-0.15, -0.1) is 0 Å². The second kappa shape index (κ2) is 4.50. The predicted molar refractivity (Wildman–Crippen MR) is 43.5 cm³/mol. The van der Waals surface area contributed by atoms with Crippen LogP contribution in [0.25, 0.3) is 0 Å². The highest BCUT2D eigenvalue weighted by molar-refractivity contribution is 5.50. The third-order valence-electron chi connectivity index (χ3n) is 2.25. The highest BCUT2D eigenvalue weighted by Crippen LogP contribution is 2.21. The topological polar surface area (TPSA) is 26.3 Å². The lowest BCUT2D eigenvalue weighted by Crippen LogP contribution is -2.27. The summed E-state index contributed by atoms with van der Waals surface area (Å²) in [5.74, 6) is 0. The maximum Gasteiger partial charge on any atom is 0.122 e. The Morgan fingerprint density at radius 3 is 2.82 bits per heavy atom. The lowest BCUT2D eigenvalue weighted by molar-refractivity contribution is -0.114. The van der Waals surface area contributed by atoms with Gasteiger partial charge in [0.1, 0.15) is 6.29 Å². The van der Waals surface area contributed by atoms with Crippen molar-refractivity contribution >= 4 is 6.29 Å². The fraction of sp³-hybridized carbons (Fsp3) is 0.889. The zero-order valence-electron chi connectivity index (χ0n) is 7.08. The van der Waals surface area contributed by atoms with E-state index in [1.165, 1.54) is 12.8 Å². The Bertz CT molecular complexity index is 123. The standard InChI is InChI=1S/C9H16O2/c1-2-8-4-3-5-9(11-8)6-7-10/h7-9H,2-6H2,1H3/t8-,9-/m0/s1. The molecule has 0 N–H and O–H groups in total. The molecule has 1 aliphatic rings. The molecular formula is C9H16O2. The molecule has 0 aromatic carbocycles. The lowest BCUT2D eigenvalue weighted by atomic mass is 10.0. The average molecular weight is 156 g/mol. The van der Waals surface area contributed by atoms with E-state index in [0.29, 0.717) is 12.5 Å². The predicted octanol–water partition coefficient (Wildman–Crippen LogP) is 1.92. The molecule has 11 heavy (non-hydrogen) atoms. The molecule has 1 fully saturated rings. The van der Waals surface area contributed by atoms with Gasteiger partial charge in [0.05, 0.1) is 12.2 Å². The first kappa shape index (κ1) is 8.72. The van der Waals surface area contributed by atoms with Gasteiger partial charge in [-0.2, -0.15) is 0 Å². The number of carbonyl (C=O) groups is 1. The first-order valence-corrected chi connectivity index (χ1v) is 4.46. The van der Waals surface area contributed by atoms with Gasteiger partial charge in [-0.05, 0) is 25.7 Å². The summed E-state index contributed by atoms with van der Waals surface area (Å²) in [4.78, 5) is 10.2. The van der Waals surface area contributed by atoms with Crippen LogP contribution in [-0.4, -0.2) is 18.5 Å². The summed E-state index contributed by atoms with van der Waals surface area (Å²) in [6, 6.07) is 0. The Labute approximate surface area is 67.9 Å². The SMILES string of the molecule is CC[C@H]1CCC[C@@H](CC=O)O1. The van der Waals surface area contributed by atoms with Crippen molar-refractivity contribution in [3.8, 4) is 0 Å². The van der Waals surface area contributed by atoms with Crippen LogP contribution in [0.5, 0.6) is 0 Å². The van der Waals surface area contributed by atoms with Crippen LogP contribution in [-0.2, 0) is 9.53 Å². The van der Waals surface area contributed by atoms with Crippen LogP contribution in [0.15, 0.2) is 0 Å². The van der Waals surface area contributed by atoms with Crippen molar-refractivity contribution in [1.29, 1.82) is 0 Å². The molecule has 0 bridgehead atoms. The van der Waals surface area contributed by atoms with Gasteiger partial charge >= 0.3 is 0 Å². The summed E-state index contributed by atoms with van der Waals surface area (Å²) in [7, 11) is 0. The number of rotatable bonds is 3. The second-order valence-electron chi connectivity index (χ2n) is 3.12. The Balaban J connectivity index is 2.27. The van der Waals surface area contributed by atoms with Crippen LogP contribution < -0.4 is 0 Å². The highest BCUT2D eigenvalue weighted by atomic mass is 16.5. The van der Waals surface area contributed by atoms with Crippen molar-refractivity contribution < 1.29 is 9.53 Å². The number of hydrogen-bond acceptors (Lipinski definition) is 2. The van der Waals surface area contributed by atoms with Crippen LogP contribution in [0.4, 0.5) is 0 Å². The van der Waals surface area contributed by atoms with E-state index < -0.39 is 0 Å². The Morgan fingerprint density at radius 1 is 1.45 bits per heavy atom. The molecule has 0 aliphatic carbocycles. The normalized spacial score (nSPS) is 31.7. The molecule has 1 rings (SSSR count). The average Bonchev–Trinajstić information content (AvgIpc) is 2.06. The van der Waals surface area contributed by atoms with Crippen LogP contribution in [0.1, 0.15) is 39.0 Å². The van der Waals surface area contributed by atoms with Gasteiger partial charge in [0.2, 0.25) is 0 Å². The number of carbonyl (C=O) groups excluding carboxylic acids is 1. The smallest absolute Gasteiger partial charge is 0.122 e. The summed E-state index contributed by atoms with van der Waals surface area (Å²) < 4.78 is 5.64. The molecule has 0 radical (unpaired) electrons. The van der Waals surface area contributed by atoms with Crippen LogP contribution in [0.3, 0.4) is 0 Å². The minimum Gasteiger partial charge on any atom is -0.375 e. The van der Waals surface area contributed by atoms with Gasteiger partial charge in [0.25, 0.3) is 0 Å². The first-order valence-electron chi connectivity index (χ1n) is 4.46. The Kier molecular flexibility index (Phi) is 3.57. The van der Waals surface area contributed by atoms with E-state index in [1.807, 2.05) is 0 Å². The van der Waals surface area contributed by atoms with Gasteiger partial charge < -0.3 is 9.53 Å². The van der Waals surface area contributed by atoms with E-state index in [4.69, 9.17) is 4.74 Å². The van der Waals surface area contributed by atoms with E-state index in [1.54, 1.807) is 0 Å². The summed E-state index contributed by atoms with van der Waals surface area (Å²) in [5.41, 5.74) is 0. The third-order valence-corrected chi connectivity index (χ3v) is 2.25. The molecule has 0 amide bonds. The van der Waals surface area contributed by atoms with Crippen molar-refractivity contribution in [3.05, 3.63) is 0 Å². The highest BCUT2D eigenvalue weighted by Gasteiger charge is 2.19. The molecule has 0 unspecified atom stereocenters. The van der Waals surface area contributed by atoms with Crippen molar-refractivity contribution in [2.24, 2.45) is 0 Å². The molecule has 1 heterocycles. The molecule has 1 saturated heterocycles. The number of aldehydes is 1. The maximum atomic E-state index is 10.2. The molecule has 2 heteroatoms. The van der Waals surface area contributed by atoms with Crippen LogP contribution in [0.2, 0.25) is 0 Å². The van der Waals surface area contributed by atoms with Crippen LogP contribution in [0, 0.1) is 0 Å². The summed E-state index contributed by atoms with van der Waals surface area (Å²) >= 11 is 0. The molecule has 0 spiro atoms. The fourth-order valence-electron chi connectivity index (χ4n) is 1.56. The Hall–Kier alpha value is -0.370. The van der Waals surface area contributed by atoms with E-state index in [2.05, 4.69) is 6.92 Å². The largest absolute Gasteiger partial charge is 0.375 e. The quantitative estimate of drug-likeness (QED) is 0.583. The van der Waals surface area contributed by atoms with E-state index in [-0.39, 0.29) is 6.10 Å². The molecular weight excluding hydrogens is 140 g/mol. The summed E-state index contributed by atoms with van der Waals surface area (Å²) in [6.07, 6.45) is 6.70. The van der Waals surface area contributed by atoms with Gasteiger partial charge in [0, 0.05) is 6.42 Å². The van der Waals surface area contributed by atoms with Gasteiger partial charge in [0.15, 0.2) is 0 Å². The maximum absolute atomic E-state index is 10.2.